The number of carbonyl (C=O) groups excluding carboxylic acids is 1. The predicted molar refractivity (Wildman–Crippen MR) is 48.0 cm³/mol. The molecule has 0 aromatic heterocycles. The van der Waals surface area contributed by atoms with Crippen molar-refractivity contribution in [3.8, 4) is 0 Å². The molecule has 2 nitrogen and oxygen atoms in total. The molecule has 0 amide bonds. The Balaban J connectivity index is 2.20. The molecule has 1 aliphatic carbocycles. The highest BCUT2D eigenvalue weighted by Gasteiger charge is 2.52. The van der Waals surface area contributed by atoms with Crippen LogP contribution in [-0.2, 0) is 4.79 Å². The maximum atomic E-state index is 11.7. The van der Waals surface area contributed by atoms with Crippen molar-refractivity contribution in [3.63, 3.8) is 0 Å². The number of likely N-dealkylation sites (tertiary alicyclic amines) is 1. The maximum Gasteiger partial charge on any atom is 0.154 e. The van der Waals surface area contributed by atoms with Crippen molar-refractivity contribution in [2.24, 2.45) is 0 Å². The fraction of sp³-hybridized carbons (Fsp3) is 0.900. The Hall–Kier alpha value is -0.370. The summed E-state index contributed by atoms with van der Waals surface area (Å²) in [5.74, 6) is 0.502. The van der Waals surface area contributed by atoms with Gasteiger partial charge in [-0.15, -0.1) is 0 Å². The van der Waals surface area contributed by atoms with Gasteiger partial charge in [0.2, 0.25) is 0 Å². The molecule has 1 spiro atoms. The fourth-order valence-corrected chi connectivity index (χ4v) is 2.66. The van der Waals surface area contributed by atoms with Crippen LogP contribution >= 0.6 is 0 Å². The lowest BCUT2D eigenvalue weighted by Crippen LogP contribution is -2.56. The van der Waals surface area contributed by atoms with Crippen LogP contribution < -0.4 is 0 Å². The first-order valence-electron chi connectivity index (χ1n) is 4.97. The summed E-state index contributed by atoms with van der Waals surface area (Å²) in [6.07, 6.45) is 4.27. The quantitative estimate of drug-likeness (QED) is 0.591. The number of nitrogens with zero attached hydrogens (tertiary/aromatic N) is 1. The predicted octanol–water partition coefficient (Wildman–Crippen LogP) is 1.59. The van der Waals surface area contributed by atoms with Crippen LogP contribution in [-0.4, -0.2) is 28.8 Å². The third-order valence-electron chi connectivity index (χ3n) is 3.45. The van der Waals surface area contributed by atoms with Crippen molar-refractivity contribution in [2.75, 3.05) is 6.54 Å². The summed E-state index contributed by atoms with van der Waals surface area (Å²) < 4.78 is 0. The Kier molecular flexibility index (Phi) is 1.76. The summed E-state index contributed by atoms with van der Waals surface area (Å²) in [5, 5.41) is 0. The van der Waals surface area contributed by atoms with Gasteiger partial charge in [0.05, 0.1) is 5.54 Å². The summed E-state index contributed by atoms with van der Waals surface area (Å²) in [4.78, 5) is 14.1. The van der Waals surface area contributed by atoms with Gasteiger partial charge in [-0.3, -0.25) is 9.69 Å². The van der Waals surface area contributed by atoms with Gasteiger partial charge < -0.3 is 0 Å². The van der Waals surface area contributed by atoms with E-state index in [4.69, 9.17) is 0 Å². The largest absolute Gasteiger partial charge is 0.298 e. The van der Waals surface area contributed by atoms with E-state index in [1.165, 1.54) is 6.42 Å². The summed E-state index contributed by atoms with van der Waals surface area (Å²) >= 11 is 0. The Labute approximate surface area is 73.9 Å². The van der Waals surface area contributed by atoms with Crippen molar-refractivity contribution >= 4 is 5.78 Å². The minimum absolute atomic E-state index is 0.00810. The minimum atomic E-state index is 0.00810. The standard InChI is InChI=1S/C10H17NO/c1-8(2)11-7-4-9(12)10(11)5-3-6-10/h8H,3-7H2,1-2H3. The number of ketones is 1. The van der Waals surface area contributed by atoms with Gasteiger partial charge in [-0.25, -0.2) is 0 Å². The lowest BCUT2D eigenvalue weighted by Gasteiger charge is -2.46. The third-order valence-corrected chi connectivity index (χ3v) is 3.45. The number of hydrogen-bond acceptors (Lipinski definition) is 2. The van der Waals surface area contributed by atoms with Crippen LogP contribution in [0.1, 0.15) is 39.5 Å². The second-order valence-electron chi connectivity index (χ2n) is 4.35. The maximum absolute atomic E-state index is 11.7. The smallest absolute Gasteiger partial charge is 0.154 e. The van der Waals surface area contributed by atoms with Crippen LogP contribution in [0.2, 0.25) is 0 Å². The second-order valence-corrected chi connectivity index (χ2v) is 4.35. The SMILES string of the molecule is CC(C)N1CCC(=O)C12CCC2. The molecule has 0 aromatic rings. The van der Waals surface area contributed by atoms with Gasteiger partial charge in [0, 0.05) is 19.0 Å². The molecule has 2 aliphatic rings. The lowest BCUT2D eigenvalue weighted by molar-refractivity contribution is -0.130. The summed E-state index contributed by atoms with van der Waals surface area (Å²) in [5.41, 5.74) is 0.00810. The minimum Gasteiger partial charge on any atom is -0.298 e. The van der Waals surface area contributed by atoms with Crippen molar-refractivity contribution in [1.82, 2.24) is 4.90 Å². The molecule has 1 aliphatic heterocycles. The van der Waals surface area contributed by atoms with Crippen LogP contribution in [0.15, 0.2) is 0 Å². The number of rotatable bonds is 1. The molecule has 2 heteroatoms. The van der Waals surface area contributed by atoms with E-state index in [0.29, 0.717) is 11.8 Å². The molecule has 0 N–H and O–H groups in total. The van der Waals surface area contributed by atoms with E-state index in [2.05, 4.69) is 18.7 Å². The molecule has 2 rings (SSSR count). The molecule has 12 heavy (non-hydrogen) atoms. The first kappa shape index (κ1) is 8.24. The van der Waals surface area contributed by atoms with E-state index in [1.54, 1.807) is 0 Å². The van der Waals surface area contributed by atoms with Crippen molar-refractivity contribution < 1.29 is 4.79 Å². The van der Waals surface area contributed by atoms with Gasteiger partial charge in [0.25, 0.3) is 0 Å². The molecule has 0 unspecified atom stereocenters. The Morgan fingerprint density at radius 2 is 2.08 bits per heavy atom. The molecule has 0 aromatic carbocycles. The summed E-state index contributed by atoms with van der Waals surface area (Å²) in [6, 6.07) is 0.539. The van der Waals surface area contributed by atoms with Gasteiger partial charge in [0.1, 0.15) is 0 Å². The van der Waals surface area contributed by atoms with Crippen LogP contribution in [0.4, 0.5) is 0 Å². The highest BCUT2D eigenvalue weighted by molar-refractivity contribution is 5.91. The molecule has 1 saturated heterocycles. The summed E-state index contributed by atoms with van der Waals surface area (Å²) in [7, 11) is 0. The second kappa shape index (κ2) is 2.56. The highest BCUT2D eigenvalue weighted by atomic mass is 16.1. The fourth-order valence-electron chi connectivity index (χ4n) is 2.66. The zero-order valence-corrected chi connectivity index (χ0v) is 7.97. The highest BCUT2D eigenvalue weighted by Crippen LogP contribution is 2.43. The molecular weight excluding hydrogens is 150 g/mol. The van der Waals surface area contributed by atoms with Gasteiger partial charge >= 0.3 is 0 Å². The van der Waals surface area contributed by atoms with Crippen LogP contribution in [0, 0.1) is 0 Å². The number of Topliss-reactive ketones (excluding diaryl/α,β-unsaturated/α-hetero) is 1. The van der Waals surface area contributed by atoms with E-state index in [9.17, 15) is 4.79 Å². The molecule has 68 valence electrons. The molecule has 0 bridgehead atoms. The molecule has 0 atom stereocenters. The van der Waals surface area contributed by atoms with Crippen LogP contribution in [0.25, 0.3) is 0 Å². The average Bonchev–Trinajstić information content (AvgIpc) is 2.24. The topological polar surface area (TPSA) is 20.3 Å². The monoisotopic (exact) mass is 167 g/mol. The summed E-state index contributed by atoms with van der Waals surface area (Å²) in [6.45, 7) is 5.38. The van der Waals surface area contributed by atoms with Crippen molar-refractivity contribution in [1.29, 1.82) is 0 Å². The van der Waals surface area contributed by atoms with Crippen molar-refractivity contribution in [2.45, 2.75) is 51.1 Å². The first-order valence-corrected chi connectivity index (χ1v) is 4.97. The van der Waals surface area contributed by atoms with Gasteiger partial charge in [-0.2, -0.15) is 0 Å². The van der Waals surface area contributed by atoms with E-state index < -0.39 is 0 Å². The normalized spacial score (nSPS) is 28.4. The van der Waals surface area contributed by atoms with E-state index >= 15 is 0 Å². The van der Waals surface area contributed by atoms with Crippen LogP contribution in [0.5, 0.6) is 0 Å². The zero-order valence-electron chi connectivity index (χ0n) is 7.97. The van der Waals surface area contributed by atoms with Gasteiger partial charge in [0.15, 0.2) is 5.78 Å². The van der Waals surface area contributed by atoms with Gasteiger partial charge in [-0.1, -0.05) is 0 Å². The van der Waals surface area contributed by atoms with Crippen LogP contribution in [0.3, 0.4) is 0 Å². The van der Waals surface area contributed by atoms with Gasteiger partial charge in [-0.05, 0) is 33.1 Å². The molecular formula is C10H17NO. The third kappa shape index (κ3) is 0.875. The number of hydrogen-bond donors (Lipinski definition) is 0. The molecule has 0 radical (unpaired) electrons. The molecule has 1 heterocycles. The Morgan fingerprint density at radius 3 is 2.42 bits per heavy atom. The lowest BCUT2D eigenvalue weighted by atomic mass is 9.73. The molecule has 1 saturated carbocycles. The Morgan fingerprint density at radius 1 is 1.42 bits per heavy atom. The van der Waals surface area contributed by atoms with E-state index in [-0.39, 0.29) is 5.54 Å². The van der Waals surface area contributed by atoms with E-state index in [1.807, 2.05) is 0 Å². The Bertz CT molecular complexity index is 206. The first-order chi connectivity index (χ1) is 5.67. The number of carbonyl (C=O) groups is 1. The molecule has 2 fully saturated rings. The zero-order chi connectivity index (χ0) is 8.77. The van der Waals surface area contributed by atoms with E-state index in [0.717, 1.165) is 25.8 Å². The average molecular weight is 167 g/mol. The van der Waals surface area contributed by atoms with Crippen molar-refractivity contribution in [3.05, 3.63) is 0 Å².